The second kappa shape index (κ2) is 6.37. The van der Waals surface area contributed by atoms with Crippen molar-refractivity contribution in [1.29, 1.82) is 0 Å². The molecule has 0 aliphatic carbocycles. The summed E-state index contributed by atoms with van der Waals surface area (Å²) in [5, 5.41) is -0.449. The third kappa shape index (κ3) is 3.36. The molecule has 8 nitrogen and oxygen atoms in total. The number of carbonyl (C=O) groups excluding carboxylic acids is 2. The number of ether oxygens (including phenoxy) is 1. The molecule has 0 aromatic carbocycles. The summed E-state index contributed by atoms with van der Waals surface area (Å²) in [6.45, 7) is 4.58. The molecule has 132 valence electrons. The van der Waals surface area contributed by atoms with Gasteiger partial charge in [-0.3, -0.25) is 9.69 Å². The Balaban J connectivity index is 1.96. The van der Waals surface area contributed by atoms with Gasteiger partial charge in [0.05, 0.1) is 13.0 Å². The van der Waals surface area contributed by atoms with Crippen molar-refractivity contribution in [1.82, 2.24) is 14.1 Å². The van der Waals surface area contributed by atoms with Gasteiger partial charge in [0.1, 0.15) is 11.4 Å². The number of carbonyl (C=O) groups is 2. The summed E-state index contributed by atoms with van der Waals surface area (Å²) >= 11 is 0. The van der Waals surface area contributed by atoms with Gasteiger partial charge < -0.3 is 9.64 Å². The average molecular weight is 347 g/mol. The van der Waals surface area contributed by atoms with Gasteiger partial charge in [-0.2, -0.15) is 4.31 Å². The SMILES string of the molecule is COC(=O)[C@H](C(C)C)N(C)C(=O)C1CN(S(=O)(=O)[C@H]2CN2C)C1. The Labute approximate surface area is 137 Å². The second-order valence-corrected chi connectivity index (χ2v) is 8.70. The Kier molecular flexibility index (Phi) is 5.03. The maximum atomic E-state index is 12.5. The van der Waals surface area contributed by atoms with Crippen LogP contribution in [0.3, 0.4) is 0 Å². The quantitative estimate of drug-likeness (QED) is 0.461. The van der Waals surface area contributed by atoms with Crippen molar-refractivity contribution >= 4 is 21.9 Å². The molecule has 0 saturated carbocycles. The molecule has 2 aliphatic heterocycles. The van der Waals surface area contributed by atoms with E-state index in [0.717, 1.165) is 0 Å². The van der Waals surface area contributed by atoms with Crippen molar-refractivity contribution in [3.05, 3.63) is 0 Å². The van der Waals surface area contributed by atoms with Crippen LogP contribution in [0.25, 0.3) is 0 Å². The van der Waals surface area contributed by atoms with Gasteiger partial charge in [-0.1, -0.05) is 13.8 Å². The van der Waals surface area contributed by atoms with Crippen LogP contribution in [0.15, 0.2) is 0 Å². The van der Waals surface area contributed by atoms with E-state index in [4.69, 9.17) is 4.74 Å². The first-order chi connectivity index (χ1) is 10.6. The Morgan fingerprint density at radius 3 is 2.13 bits per heavy atom. The molecule has 0 N–H and O–H groups in total. The predicted octanol–water partition coefficient (Wildman–Crippen LogP) is -0.824. The lowest BCUT2D eigenvalue weighted by molar-refractivity contribution is -0.156. The second-order valence-electron chi connectivity index (χ2n) is 6.61. The third-order valence-corrected chi connectivity index (χ3v) is 6.76. The number of amides is 1. The van der Waals surface area contributed by atoms with Gasteiger partial charge in [-0.15, -0.1) is 0 Å². The number of nitrogens with zero attached hydrogens (tertiary/aromatic N) is 3. The van der Waals surface area contributed by atoms with E-state index in [2.05, 4.69) is 0 Å². The molecule has 3 atom stereocenters. The van der Waals surface area contributed by atoms with Crippen LogP contribution >= 0.6 is 0 Å². The topological polar surface area (TPSA) is 87.0 Å². The molecule has 2 fully saturated rings. The van der Waals surface area contributed by atoms with Crippen LogP contribution in [-0.2, 0) is 24.3 Å². The highest BCUT2D eigenvalue weighted by atomic mass is 32.2. The Hall–Kier alpha value is -1.19. The lowest BCUT2D eigenvalue weighted by atomic mass is 9.97. The van der Waals surface area contributed by atoms with E-state index < -0.39 is 33.3 Å². The van der Waals surface area contributed by atoms with Crippen molar-refractivity contribution in [2.75, 3.05) is 40.8 Å². The van der Waals surface area contributed by atoms with Gasteiger partial charge in [0, 0.05) is 26.7 Å². The Morgan fingerprint density at radius 1 is 1.22 bits per heavy atom. The van der Waals surface area contributed by atoms with Gasteiger partial charge in [-0.05, 0) is 13.0 Å². The van der Waals surface area contributed by atoms with Crippen LogP contribution in [-0.4, -0.2) is 86.7 Å². The molecule has 2 saturated heterocycles. The summed E-state index contributed by atoms with van der Waals surface area (Å²) in [6.07, 6.45) is 0. The molecule has 0 aromatic heterocycles. The molecular weight excluding hydrogens is 322 g/mol. The van der Waals surface area contributed by atoms with Crippen molar-refractivity contribution in [3.63, 3.8) is 0 Å². The minimum Gasteiger partial charge on any atom is -0.467 e. The summed E-state index contributed by atoms with van der Waals surface area (Å²) < 4.78 is 30.5. The molecule has 9 heteroatoms. The highest BCUT2D eigenvalue weighted by Gasteiger charge is 2.51. The predicted molar refractivity (Wildman–Crippen MR) is 83.8 cm³/mol. The van der Waals surface area contributed by atoms with Gasteiger partial charge in [-0.25, -0.2) is 13.2 Å². The Bertz CT molecular complexity index is 585. The smallest absolute Gasteiger partial charge is 0.328 e. The van der Waals surface area contributed by atoms with Crippen molar-refractivity contribution in [2.24, 2.45) is 11.8 Å². The number of hydrogen-bond donors (Lipinski definition) is 0. The largest absolute Gasteiger partial charge is 0.467 e. The zero-order valence-electron chi connectivity index (χ0n) is 14.2. The first-order valence-corrected chi connectivity index (χ1v) is 9.15. The molecule has 0 bridgehead atoms. The zero-order valence-corrected chi connectivity index (χ0v) is 15.0. The molecule has 2 aliphatic rings. The maximum absolute atomic E-state index is 12.5. The number of likely N-dealkylation sites (N-methyl/N-ethyl adjacent to an activating group) is 2. The van der Waals surface area contributed by atoms with Gasteiger partial charge in [0.2, 0.25) is 15.9 Å². The van der Waals surface area contributed by atoms with Gasteiger partial charge in [0.15, 0.2) is 0 Å². The molecule has 0 radical (unpaired) electrons. The normalized spacial score (nSPS) is 26.5. The summed E-state index contributed by atoms with van der Waals surface area (Å²) in [4.78, 5) is 27.5. The molecule has 2 heterocycles. The number of rotatable bonds is 6. The third-order valence-electron chi connectivity index (χ3n) is 4.54. The van der Waals surface area contributed by atoms with E-state index in [1.165, 1.54) is 16.3 Å². The Morgan fingerprint density at radius 2 is 1.74 bits per heavy atom. The number of hydrogen-bond acceptors (Lipinski definition) is 6. The summed E-state index contributed by atoms with van der Waals surface area (Å²) in [5.41, 5.74) is 0. The van der Waals surface area contributed by atoms with E-state index in [1.807, 2.05) is 13.8 Å². The van der Waals surface area contributed by atoms with Gasteiger partial charge in [0.25, 0.3) is 0 Å². The zero-order chi connectivity index (χ0) is 17.5. The number of methoxy groups -OCH3 is 1. The highest BCUT2D eigenvalue weighted by Crippen LogP contribution is 2.30. The molecule has 1 unspecified atom stereocenters. The van der Waals surface area contributed by atoms with Gasteiger partial charge >= 0.3 is 5.97 Å². The van der Waals surface area contributed by atoms with Crippen LogP contribution in [0.4, 0.5) is 0 Å². The lowest BCUT2D eigenvalue weighted by Crippen LogP contribution is -2.59. The summed E-state index contributed by atoms with van der Waals surface area (Å²) in [5.74, 6) is -1.16. The molecule has 1 amide bonds. The van der Waals surface area contributed by atoms with Crippen LogP contribution in [0, 0.1) is 11.8 Å². The number of sulfonamides is 1. The van der Waals surface area contributed by atoms with Crippen LogP contribution < -0.4 is 0 Å². The van der Waals surface area contributed by atoms with Crippen molar-refractivity contribution in [2.45, 2.75) is 25.3 Å². The molecule has 2 rings (SSSR count). The van der Waals surface area contributed by atoms with Crippen LogP contribution in [0.1, 0.15) is 13.8 Å². The molecular formula is C14H25N3O5S. The summed E-state index contributed by atoms with van der Waals surface area (Å²) in [6, 6.07) is -0.660. The van der Waals surface area contributed by atoms with E-state index in [1.54, 1.807) is 19.0 Å². The minimum absolute atomic E-state index is 0.0866. The first kappa shape index (κ1) is 18.2. The fourth-order valence-electron chi connectivity index (χ4n) is 2.92. The maximum Gasteiger partial charge on any atom is 0.328 e. The molecule has 23 heavy (non-hydrogen) atoms. The average Bonchev–Trinajstić information content (AvgIpc) is 3.14. The fourth-order valence-corrected chi connectivity index (χ4v) is 4.92. The lowest BCUT2D eigenvalue weighted by Gasteiger charge is -2.40. The van der Waals surface area contributed by atoms with E-state index in [9.17, 15) is 18.0 Å². The van der Waals surface area contributed by atoms with E-state index in [-0.39, 0.29) is 24.9 Å². The molecule has 0 aromatic rings. The standard InChI is InChI=1S/C14H25N3O5S/c1-9(2)12(14(19)22-5)16(4)13(18)10-6-17(7-10)23(20,21)11-8-15(11)3/h9-12H,6-8H2,1-5H3/t11-,12-,15?/m0/s1. The number of esters is 1. The fraction of sp³-hybridized carbons (Fsp3) is 0.857. The van der Waals surface area contributed by atoms with E-state index in [0.29, 0.717) is 6.54 Å². The molecule has 0 spiro atoms. The van der Waals surface area contributed by atoms with Crippen LogP contribution in [0.2, 0.25) is 0 Å². The summed E-state index contributed by atoms with van der Waals surface area (Å²) in [7, 11) is 1.28. The monoisotopic (exact) mass is 347 g/mol. The van der Waals surface area contributed by atoms with Crippen LogP contribution in [0.5, 0.6) is 0 Å². The van der Waals surface area contributed by atoms with E-state index >= 15 is 0 Å². The first-order valence-electron chi connectivity index (χ1n) is 7.65. The minimum atomic E-state index is -3.33. The van der Waals surface area contributed by atoms with Crippen molar-refractivity contribution < 1.29 is 22.7 Å². The van der Waals surface area contributed by atoms with Crippen molar-refractivity contribution in [3.8, 4) is 0 Å². The highest BCUT2D eigenvalue weighted by molar-refractivity contribution is 7.90.